The van der Waals surface area contributed by atoms with Gasteiger partial charge in [-0.05, 0) is 23.8 Å². The number of methoxy groups -OCH3 is 1. The summed E-state index contributed by atoms with van der Waals surface area (Å²) < 4.78 is 15.1. The molecule has 0 N–H and O–H groups in total. The van der Waals surface area contributed by atoms with Gasteiger partial charge in [-0.3, -0.25) is 0 Å². The topological polar surface area (TPSA) is 65.7 Å². The lowest BCUT2D eigenvalue weighted by Gasteiger charge is -2.06. The molecule has 0 spiro atoms. The summed E-state index contributed by atoms with van der Waals surface area (Å²) in [5, 5.41) is 0.745. The second kappa shape index (κ2) is 6.46. The van der Waals surface area contributed by atoms with Crippen LogP contribution in [0.1, 0.15) is 0 Å². The van der Waals surface area contributed by atoms with Crippen LogP contribution in [0.5, 0.6) is 5.75 Å². The molecule has 0 saturated heterocycles. The highest BCUT2D eigenvalue weighted by Gasteiger charge is 2.10. The van der Waals surface area contributed by atoms with Crippen LogP contribution in [0.25, 0.3) is 22.1 Å². The van der Waals surface area contributed by atoms with Gasteiger partial charge in [0, 0.05) is 18.6 Å². The van der Waals surface area contributed by atoms with E-state index < -0.39 is 11.6 Å². The molecule has 0 atom stereocenters. The van der Waals surface area contributed by atoms with Gasteiger partial charge in [0.25, 0.3) is 0 Å². The molecule has 0 aliphatic rings. The molecular weight excluding hydrogens is 296 g/mol. The number of esters is 1. The van der Waals surface area contributed by atoms with Gasteiger partial charge >= 0.3 is 11.6 Å². The van der Waals surface area contributed by atoms with E-state index in [1.54, 1.807) is 18.2 Å². The molecule has 3 aromatic rings. The second-order valence-corrected chi connectivity index (χ2v) is 4.92. The maximum Gasteiger partial charge on any atom is 0.344 e. The zero-order valence-electron chi connectivity index (χ0n) is 12.4. The number of benzene rings is 2. The van der Waals surface area contributed by atoms with E-state index in [9.17, 15) is 9.59 Å². The zero-order chi connectivity index (χ0) is 16.2. The molecule has 0 aliphatic carbocycles. The van der Waals surface area contributed by atoms with Crippen LogP contribution in [-0.4, -0.2) is 19.7 Å². The van der Waals surface area contributed by atoms with Gasteiger partial charge in [0.05, 0.1) is 5.56 Å². The van der Waals surface area contributed by atoms with E-state index in [1.165, 1.54) is 13.2 Å². The Morgan fingerprint density at radius 3 is 2.61 bits per heavy atom. The standard InChI is InChI=1S/C18H14O5/c1-21-11-17(19)22-14-8-7-13-9-15(12-5-3-2-4-6-12)18(20)23-16(13)10-14/h2-10H,11H2,1H3. The van der Waals surface area contributed by atoms with Crippen molar-refractivity contribution in [3.8, 4) is 16.9 Å². The predicted octanol–water partition coefficient (Wildman–Crippen LogP) is 3.01. The van der Waals surface area contributed by atoms with Crippen LogP contribution in [0.2, 0.25) is 0 Å². The van der Waals surface area contributed by atoms with E-state index in [4.69, 9.17) is 13.9 Å². The number of rotatable bonds is 4. The summed E-state index contributed by atoms with van der Waals surface area (Å²) in [5.74, 6) is -0.217. The minimum atomic E-state index is -0.518. The third-order valence-electron chi connectivity index (χ3n) is 3.29. The Balaban J connectivity index is 1.99. The van der Waals surface area contributed by atoms with Crippen LogP contribution in [-0.2, 0) is 9.53 Å². The molecule has 5 heteroatoms. The maximum absolute atomic E-state index is 12.2. The summed E-state index contributed by atoms with van der Waals surface area (Å²) >= 11 is 0. The van der Waals surface area contributed by atoms with Crippen molar-refractivity contribution in [2.24, 2.45) is 0 Å². The van der Waals surface area contributed by atoms with E-state index in [-0.39, 0.29) is 6.61 Å². The predicted molar refractivity (Wildman–Crippen MR) is 85.4 cm³/mol. The maximum atomic E-state index is 12.2. The van der Waals surface area contributed by atoms with Gasteiger partial charge in [-0.1, -0.05) is 30.3 Å². The van der Waals surface area contributed by atoms with Crippen molar-refractivity contribution in [1.29, 1.82) is 0 Å². The molecule has 0 radical (unpaired) electrons. The fourth-order valence-electron chi connectivity index (χ4n) is 2.25. The van der Waals surface area contributed by atoms with Crippen LogP contribution in [0, 0.1) is 0 Å². The highest BCUT2D eigenvalue weighted by Crippen LogP contribution is 2.24. The van der Waals surface area contributed by atoms with Crippen molar-refractivity contribution in [2.45, 2.75) is 0 Å². The molecule has 5 nitrogen and oxygen atoms in total. The molecule has 0 unspecified atom stereocenters. The summed E-state index contributed by atoms with van der Waals surface area (Å²) in [5.41, 5.74) is 1.20. The number of carbonyl (C=O) groups is 1. The van der Waals surface area contributed by atoms with Crippen molar-refractivity contribution in [2.75, 3.05) is 13.7 Å². The summed E-state index contributed by atoms with van der Waals surface area (Å²) in [7, 11) is 1.41. The minimum absolute atomic E-state index is 0.144. The molecule has 1 aromatic heterocycles. The Kier molecular flexibility index (Phi) is 4.21. The Labute approximate surface area is 132 Å². The van der Waals surface area contributed by atoms with E-state index in [0.717, 1.165) is 10.9 Å². The molecule has 1 heterocycles. The first-order valence-electron chi connectivity index (χ1n) is 7.00. The van der Waals surface area contributed by atoms with Gasteiger partial charge in [0.15, 0.2) is 0 Å². The molecule has 3 rings (SSSR count). The van der Waals surface area contributed by atoms with E-state index in [2.05, 4.69) is 0 Å². The third-order valence-corrected chi connectivity index (χ3v) is 3.29. The number of fused-ring (bicyclic) bond motifs is 1. The Morgan fingerprint density at radius 1 is 1.09 bits per heavy atom. The van der Waals surface area contributed by atoms with Crippen LogP contribution in [0.3, 0.4) is 0 Å². The number of hydrogen-bond acceptors (Lipinski definition) is 5. The SMILES string of the molecule is COCC(=O)Oc1ccc2cc(-c3ccccc3)c(=O)oc2c1. The number of carbonyl (C=O) groups excluding carboxylic acids is 1. The average Bonchev–Trinajstić information content (AvgIpc) is 2.55. The van der Waals surface area contributed by atoms with E-state index in [0.29, 0.717) is 16.9 Å². The monoisotopic (exact) mass is 310 g/mol. The smallest absolute Gasteiger partial charge is 0.344 e. The molecule has 116 valence electrons. The Morgan fingerprint density at radius 2 is 1.87 bits per heavy atom. The van der Waals surface area contributed by atoms with Crippen LogP contribution in [0.4, 0.5) is 0 Å². The summed E-state index contributed by atoms with van der Waals surface area (Å²) in [6.07, 6.45) is 0. The van der Waals surface area contributed by atoms with Gasteiger partial charge in [0.1, 0.15) is 17.9 Å². The van der Waals surface area contributed by atoms with Crippen molar-refractivity contribution >= 4 is 16.9 Å². The zero-order valence-corrected chi connectivity index (χ0v) is 12.4. The Hall–Kier alpha value is -2.92. The minimum Gasteiger partial charge on any atom is -0.425 e. The third kappa shape index (κ3) is 3.30. The molecule has 0 fully saturated rings. The van der Waals surface area contributed by atoms with Gasteiger partial charge < -0.3 is 13.9 Å². The summed E-state index contributed by atoms with van der Waals surface area (Å²) in [4.78, 5) is 23.6. The molecule has 0 amide bonds. The fourth-order valence-corrected chi connectivity index (χ4v) is 2.25. The van der Waals surface area contributed by atoms with Crippen LogP contribution in [0.15, 0.2) is 63.8 Å². The lowest BCUT2D eigenvalue weighted by atomic mass is 10.1. The normalized spacial score (nSPS) is 10.7. The first kappa shape index (κ1) is 15.0. The Bertz CT molecular complexity index is 896. The first-order valence-corrected chi connectivity index (χ1v) is 7.00. The summed E-state index contributed by atoms with van der Waals surface area (Å²) in [6.45, 7) is -0.144. The van der Waals surface area contributed by atoms with Gasteiger partial charge in [-0.25, -0.2) is 9.59 Å². The lowest BCUT2D eigenvalue weighted by Crippen LogP contribution is -2.14. The number of hydrogen-bond donors (Lipinski definition) is 0. The van der Waals surface area contributed by atoms with Gasteiger partial charge in [-0.2, -0.15) is 0 Å². The van der Waals surface area contributed by atoms with Gasteiger partial charge in [0.2, 0.25) is 0 Å². The molecule has 2 aromatic carbocycles. The van der Waals surface area contributed by atoms with E-state index in [1.807, 2.05) is 30.3 Å². The van der Waals surface area contributed by atoms with E-state index >= 15 is 0 Å². The quantitative estimate of drug-likeness (QED) is 0.421. The molecular formula is C18H14O5. The summed E-state index contributed by atoms with van der Waals surface area (Å²) in [6, 6.07) is 15.9. The fraction of sp³-hybridized carbons (Fsp3) is 0.111. The van der Waals surface area contributed by atoms with Crippen molar-refractivity contribution in [3.63, 3.8) is 0 Å². The van der Waals surface area contributed by atoms with Crippen LogP contribution < -0.4 is 10.4 Å². The molecule has 0 aliphatic heterocycles. The molecule has 0 bridgehead atoms. The van der Waals surface area contributed by atoms with Crippen LogP contribution >= 0.6 is 0 Å². The largest absolute Gasteiger partial charge is 0.425 e. The highest BCUT2D eigenvalue weighted by atomic mass is 16.6. The molecule has 23 heavy (non-hydrogen) atoms. The average molecular weight is 310 g/mol. The van der Waals surface area contributed by atoms with Crippen molar-refractivity contribution in [3.05, 3.63) is 65.0 Å². The molecule has 0 saturated carbocycles. The van der Waals surface area contributed by atoms with Crippen molar-refractivity contribution < 1.29 is 18.7 Å². The van der Waals surface area contributed by atoms with Crippen molar-refractivity contribution in [1.82, 2.24) is 0 Å². The second-order valence-electron chi connectivity index (χ2n) is 4.92. The number of ether oxygens (including phenoxy) is 2. The van der Waals surface area contributed by atoms with Gasteiger partial charge in [-0.15, -0.1) is 0 Å². The first-order chi connectivity index (χ1) is 11.2. The lowest BCUT2D eigenvalue weighted by molar-refractivity contribution is -0.138. The highest BCUT2D eigenvalue weighted by molar-refractivity contribution is 5.83.